The van der Waals surface area contributed by atoms with Crippen molar-refractivity contribution in [3.63, 3.8) is 0 Å². The van der Waals surface area contributed by atoms with Gasteiger partial charge in [-0.3, -0.25) is 9.59 Å². The summed E-state index contributed by atoms with van der Waals surface area (Å²) in [6, 6.07) is 11.4. The van der Waals surface area contributed by atoms with Crippen molar-refractivity contribution < 1.29 is 13.9 Å². The molecule has 2 aromatic rings. The lowest BCUT2D eigenvalue weighted by Crippen LogP contribution is -2.36. The second kappa shape index (κ2) is 8.17. The van der Waals surface area contributed by atoms with Crippen LogP contribution >= 0.6 is 0 Å². The van der Waals surface area contributed by atoms with Crippen molar-refractivity contribution in [2.45, 2.75) is 32.7 Å². The van der Waals surface area contributed by atoms with Gasteiger partial charge in [-0.25, -0.2) is 0 Å². The van der Waals surface area contributed by atoms with Crippen LogP contribution in [-0.2, 0) is 11.2 Å². The third-order valence-electron chi connectivity index (χ3n) is 3.47. The second-order valence-corrected chi connectivity index (χ2v) is 5.45. The molecule has 0 bridgehead atoms. The summed E-state index contributed by atoms with van der Waals surface area (Å²) in [4.78, 5) is 23.5. The summed E-state index contributed by atoms with van der Waals surface area (Å²) in [6.07, 6.45) is 3.03. The van der Waals surface area contributed by atoms with Crippen molar-refractivity contribution >= 4 is 5.91 Å². The minimum absolute atomic E-state index is 0.0274. The summed E-state index contributed by atoms with van der Waals surface area (Å²) in [5.74, 6) is 0.190. The molecule has 0 saturated carbocycles. The lowest BCUT2D eigenvalue weighted by Gasteiger charge is -2.14. The average Bonchev–Trinajstić information content (AvgIpc) is 2.53. The molecule has 1 unspecified atom stereocenters. The zero-order valence-corrected chi connectivity index (χ0v) is 13.4. The molecule has 0 aliphatic rings. The Kier molecular flexibility index (Phi) is 5.97. The molecule has 5 nitrogen and oxygen atoms in total. The van der Waals surface area contributed by atoms with Crippen LogP contribution in [-0.4, -0.2) is 18.6 Å². The quantitative estimate of drug-likeness (QED) is 0.852. The molecule has 1 aromatic heterocycles. The maximum atomic E-state index is 11.9. The first-order valence-corrected chi connectivity index (χ1v) is 7.60. The molecule has 23 heavy (non-hydrogen) atoms. The smallest absolute Gasteiger partial charge is 0.258 e. The van der Waals surface area contributed by atoms with Crippen molar-refractivity contribution in [3.8, 4) is 5.75 Å². The van der Waals surface area contributed by atoms with E-state index in [-0.39, 0.29) is 29.7 Å². The predicted molar refractivity (Wildman–Crippen MR) is 87.6 cm³/mol. The SMILES string of the molecule is Cc1occc(=O)c1OCC(=O)NC(C)CCc1ccccc1. The van der Waals surface area contributed by atoms with Gasteiger partial charge >= 0.3 is 0 Å². The molecule has 2 rings (SSSR count). The summed E-state index contributed by atoms with van der Waals surface area (Å²) in [7, 11) is 0. The molecule has 122 valence electrons. The summed E-state index contributed by atoms with van der Waals surface area (Å²) < 4.78 is 10.4. The van der Waals surface area contributed by atoms with Crippen LogP contribution in [0.15, 0.2) is 51.9 Å². The number of hydrogen-bond acceptors (Lipinski definition) is 4. The Labute approximate surface area is 135 Å². The molecule has 1 aromatic carbocycles. The fourth-order valence-corrected chi connectivity index (χ4v) is 2.23. The van der Waals surface area contributed by atoms with Gasteiger partial charge in [-0.05, 0) is 32.3 Å². The van der Waals surface area contributed by atoms with E-state index in [1.54, 1.807) is 6.92 Å². The van der Waals surface area contributed by atoms with E-state index in [0.29, 0.717) is 5.76 Å². The number of nitrogens with one attached hydrogen (secondary N) is 1. The molecule has 0 aliphatic heterocycles. The van der Waals surface area contributed by atoms with Crippen LogP contribution < -0.4 is 15.5 Å². The van der Waals surface area contributed by atoms with Gasteiger partial charge in [-0.1, -0.05) is 30.3 Å². The van der Waals surface area contributed by atoms with E-state index in [4.69, 9.17) is 9.15 Å². The molecule has 0 fully saturated rings. The highest BCUT2D eigenvalue weighted by atomic mass is 16.5. The first-order chi connectivity index (χ1) is 11.1. The first kappa shape index (κ1) is 16.8. The highest BCUT2D eigenvalue weighted by Gasteiger charge is 2.11. The molecule has 1 heterocycles. The molecular formula is C18H21NO4. The van der Waals surface area contributed by atoms with Crippen molar-refractivity contribution in [2.24, 2.45) is 0 Å². The van der Waals surface area contributed by atoms with Gasteiger partial charge < -0.3 is 14.5 Å². The minimum Gasteiger partial charge on any atom is -0.476 e. The van der Waals surface area contributed by atoms with Gasteiger partial charge in [0.25, 0.3) is 5.91 Å². The van der Waals surface area contributed by atoms with Crippen molar-refractivity contribution in [1.82, 2.24) is 5.32 Å². The van der Waals surface area contributed by atoms with Gasteiger partial charge in [0.2, 0.25) is 11.2 Å². The zero-order valence-electron chi connectivity index (χ0n) is 13.4. The standard InChI is InChI=1S/C18H21NO4/c1-13(8-9-15-6-4-3-5-7-15)19-17(21)12-23-18-14(2)22-11-10-16(18)20/h3-7,10-11,13H,8-9,12H2,1-2H3,(H,19,21). The van der Waals surface area contributed by atoms with Crippen molar-refractivity contribution in [3.05, 3.63) is 64.2 Å². The van der Waals surface area contributed by atoms with E-state index in [0.717, 1.165) is 12.8 Å². The third kappa shape index (κ3) is 5.29. The maximum absolute atomic E-state index is 11.9. The fraction of sp³-hybridized carbons (Fsp3) is 0.333. The van der Waals surface area contributed by atoms with E-state index in [2.05, 4.69) is 17.4 Å². The normalized spacial score (nSPS) is 11.7. The zero-order chi connectivity index (χ0) is 16.7. The highest BCUT2D eigenvalue weighted by molar-refractivity contribution is 5.77. The molecule has 0 radical (unpaired) electrons. The minimum atomic E-state index is -0.293. The van der Waals surface area contributed by atoms with Gasteiger partial charge in [0.05, 0.1) is 6.26 Å². The van der Waals surface area contributed by atoms with Crippen LogP contribution in [0.25, 0.3) is 0 Å². The summed E-state index contributed by atoms with van der Waals surface area (Å²) in [6.45, 7) is 3.37. The highest BCUT2D eigenvalue weighted by Crippen LogP contribution is 2.10. The summed E-state index contributed by atoms with van der Waals surface area (Å²) in [5, 5.41) is 2.86. The lowest BCUT2D eigenvalue weighted by atomic mass is 10.1. The number of aryl methyl sites for hydroxylation is 2. The van der Waals surface area contributed by atoms with E-state index in [1.165, 1.54) is 17.9 Å². The molecular weight excluding hydrogens is 294 g/mol. The lowest BCUT2D eigenvalue weighted by molar-refractivity contribution is -0.123. The molecule has 0 spiro atoms. The van der Waals surface area contributed by atoms with Gasteiger partial charge in [-0.2, -0.15) is 0 Å². The number of benzene rings is 1. The number of carbonyl (C=O) groups excluding carboxylic acids is 1. The average molecular weight is 315 g/mol. The predicted octanol–water partition coefficient (Wildman–Crippen LogP) is 2.46. The molecule has 5 heteroatoms. The molecule has 1 amide bonds. The second-order valence-electron chi connectivity index (χ2n) is 5.45. The number of rotatable bonds is 7. The Balaban J connectivity index is 1.77. The Morgan fingerprint density at radius 1 is 1.26 bits per heavy atom. The van der Waals surface area contributed by atoms with Crippen LogP contribution in [0.5, 0.6) is 5.75 Å². The van der Waals surface area contributed by atoms with Crippen LogP contribution in [0, 0.1) is 6.92 Å². The Morgan fingerprint density at radius 2 is 2.00 bits per heavy atom. The van der Waals surface area contributed by atoms with Crippen molar-refractivity contribution in [1.29, 1.82) is 0 Å². The number of carbonyl (C=O) groups is 1. The molecule has 0 saturated heterocycles. The number of ether oxygens (including phenoxy) is 1. The Morgan fingerprint density at radius 3 is 2.70 bits per heavy atom. The molecule has 0 aliphatic carbocycles. The topological polar surface area (TPSA) is 68.5 Å². The maximum Gasteiger partial charge on any atom is 0.258 e. The Bertz CT molecular complexity index is 694. The van der Waals surface area contributed by atoms with Crippen LogP contribution in [0.2, 0.25) is 0 Å². The molecule has 1 atom stereocenters. The van der Waals surface area contributed by atoms with Crippen molar-refractivity contribution in [2.75, 3.05) is 6.61 Å². The number of amides is 1. The van der Waals surface area contributed by atoms with E-state index < -0.39 is 0 Å². The van der Waals surface area contributed by atoms with Crippen LogP contribution in [0.4, 0.5) is 0 Å². The van der Waals surface area contributed by atoms with Gasteiger partial charge in [0, 0.05) is 12.1 Å². The molecule has 1 N–H and O–H groups in total. The Hall–Kier alpha value is -2.56. The fourth-order valence-electron chi connectivity index (χ4n) is 2.23. The van der Waals surface area contributed by atoms with Crippen LogP contribution in [0.1, 0.15) is 24.7 Å². The van der Waals surface area contributed by atoms with E-state index >= 15 is 0 Å². The summed E-state index contributed by atoms with van der Waals surface area (Å²) >= 11 is 0. The van der Waals surface area contributed by atoms with E-state index in [9.17, 15) is 9.59 Å². The summed E-state index contributed by atoms with van der Waals surface area (Å²) in [5.41, 5.74) is 0.945. The van der Waals surface area contributed by atoms with Gasteiger partial charge in [0.1, 0.15) is 5.76 Å². The van der Waals surface area contributed by atoms with Crippen LogP contribution in [0.3, 0.4) is 0 Å². The number of hydrogen-bond donors (Lipinski definition) is 1. The first-order valence-electron chi connectivity index (χ1n) is 7.60. The van der Waals surface area contributed by atoms with Gasteiger partial charge in [0.15, 0.2) is 6.61 Å². The van der Waals surface area contributed by atoms with E-state index in [1.807, 2.05) is 25.1 Å². The largest absolute Gasteiger partial charge is 0.476 e. The monoisotopic (exact) mass is 315 g/mol. The van der Waals surface area contributed by atoms with Gasteiger partial charge in [-0.15, -0.1) is 0 Å². The third-order valence-corrected chi connectivity index (χ3v) is 3.47.